The quantitative estimate of drug-likeness (QED) is 0.727. The number of carbonyl (C=O) groups excluding carboxylic acids is 2. The summed E-state index contributed by atoms with van der Waals surface area (Å²) in [4.78, 5) is 28.5. The molecule has 28 heavy (non-hydrogen) atoms. The van der Waals surface area contributed by atoms with Crippen molar-refractivity contribution in [1.82, 2.24) is 20.3 Å². The van der Waals surface area contributed by atoms with E-state index in [0.29, 0.717) is 13.0 Å². The summed E-state index contributed by atoms with van der Waals surface area (Å²) < 4.78 is 0. The number of aromatic nitrogens is 3. The van der Waals surface area contributed by atoms with Crippen molar-refractivity contribution in [2.75, 3.05) is 16.8 Å². The van der Waals surface area contributed by atoms with Gasteiger partial charge in [-0.3, -0.25) is 9.59 Å². The Balaban J connectivity index is 1.31. The molecule has 8 nitrogen and oxygen atoms in total. The van der Waals surface area contributed by atoms with Gasteiger partial charge in [0, 0.05) is 12.6 Å². The van der Waals surface area contributed by atoms with Gasteiger partial charge in [-0.15, -0.1) is 5.10 Å². The second kappa shape index (κ2) is 6.49. The van der Waals surface area contributed by atoms with Gasteiger partial charge in [-0.05, 0) is 30.7 Å². The molecule has 1 saturated heterocycles. The summed E-state index contributed by atoms with van der Waals surface area (Å²) in [6, 6.07) is 16.7. The Bertz CT molecular complexity index is 1050. The van der Waals surface area contributed by atoms with E-state index in [1.54, 1.807) is 0 Å². The lowest BCUT2D eigenvalue weighted by Gasteiger charge is -2.32. The third kappa shape index (κ3) is 2.79. The number of carbonyl (C=O) groups is 2. The summed E-state index contributed by atoms with van der Waals surface area (Å²) in [5.41, 5.74) is 2.83. The molecule has 3 aromatic rings. The summed E-state index contributed by atoms with van der Waals surface area (Å²) >= 11 is 0. The van der Waals surface area contributed by atoms with Crippen LogP contribution in [0.15, 0.2) is 60.8 Å². The van der Waals surface area contributed by atoms with Crippen LogP contribution in [0, 0.1) is 0 Å². The van der Waals surface area contributed by atoms with Crippen molar-refractivity contribution in [2.24, 2.45) is 0 Å². The fourth-order valence-corrected chi connectivity index (χ4v) is 3.81. The topological polar surface area (TPSA) is 92.2 Å². The van der Waals surface area contributed by atoms with Gasteiger partial charge in [0.15, 0.2) is 5.69 Å². The lowest BCUT2D eigenvalue weighted by Crippen LogP contribution is -2.44. The minimum absolute atomic E-state index is 0.0366. The minimum Gasteiger partial charge on any atom is -0.356 e. The van der Waals surface area contributed by atoms with E-state index in [9.17, 15) is 9.59 Å². The second-order valence-corrected chi connectivity index (χ2v) is 6.94. The van der Waals surface area contributed by atoms with Gasteiger partial charge in [0.25, 0.3) is 5.91 Å². The number of benzene rings is 2. The van der Waals surface area contributed by atoms with Gasteiger partial charge in [0.05, 0.1) is 23.3 Å². The molecule has 2 N–H and O–H groups in total. The molecule has 1 fully saturated rings. The molecule has 3 heterocycles. The first-order chi connectivity index (χ1) is 13.7. The highest BCUT2D eigenvalue weighted by Crippen LogP contribution is 2.36. The number of amides is 2. The van der Waals surface area contributed by atoms with Crippen molar-refractivity contribution < 1.29 is 9.59 Å². The van der Waals surface area contributed by atoms with E-state index in [-0.39, 0.29) is 29.6 Å². The maximum atomic E-state index is 12.6. The molecule has 2 amide bonds. The lowest BCUT2D eigenvalue weighted by atomic mass is 10.1. The van der Waals surface area contributed by atoms with Crippen LogP contribution < -0.4 is 15.5 Å². The van der Waals surface area contributed by atoms with E-state index in [2.05, 4.69) is 25.7 Å². The van der Waals surface area contributed by atoms with Crippen molar-refractivity contribution >= 4 is 23.2 Å². The van der Waals surface area contributed by atoms with Crippen LogP contribution in [0.4, 0.5) is 11.4 Å². The molecule has 0 spiro atoms. The van der Waals surface area contributed by atoms with E-state index in [1.807, 2.05) is 54.6 Å². The minimum atomic E-state index is -0.291. The highest BCUT2D eigenvalue weighted by atomic mass is 16.2. The van der Waals surface area contributed by atoms with Crippen molar-refractivity contribution in [3.8, 4) is 5.69 Å². The maximum absolute atomic E-state index is 12.6. The molecule has 0 radical (unpaired) electrons. The Labute approximate surface area is 161 Å². The SMILES string of the molecule is O=C(NC1CC2C(=O)Nc3ccccc3N2C1)c1cnn(-c2ccccc2)n1. The van der Waals surface area contributed by atoms with Gasteiger partial charge in [-0.1, -0.05) is 30.3 Å². The summed E-state index contributed by atoms with van der Waals surface area (Å²) in [6.07, 6.45) is 2.01. The zero-order valence-corrected chi connectivity index (χ0v) is 14.9. The van der Waals surface area contributed by atoms with E-state index in [0.717, 1.165) is 17.1 Å². The zero-order chi connectivity index (χ0) is 19.1. The van der Waals surface area contributed by atoms with Gasteiger partial charge in [0.1, 0.15) is 6.04 Å². The molecular formula is C20H18N6O2. The molecule has 2 aromatic carbocycles. The predicted molar refractivity (Wildman–Crippen MR) is 103 cm³/mol. The highest BCUT2D eigenvalue weighted by Gasteiger charge is 2.41. The Hall–Kier alpha value is -3.68. The first-order valence-corrected chi connectivity index (χ1v) is 9.14. The first-order valence-electron chi connectivity index (χ1n) is 9.14. The van der Waals surface area contributed by atoms with E-state index >= 15 is 0 Å². The molecule has 5 rings (SSSR count). The molecule has 1 aromatic heterocycles. The van der Waals surface area contributed by atoms with Crippen molar-refractivity contribution in [1.29, 1.82) is 0 Å². The Morgan fingerprint density at radius 1 is 1.11 bits per heavy atom. The molecule has 0 aliphatic carbocycles. The summed E-state index contributed by atoms with van der Waals surface area (Å²) in [6.45, 7) is 0.577. The monoisotopic (exact) mass is 374 g/mol. The summed E-state index contributed by atoms with van der Waals surface area (Å²) in [5.74, 6) is -0.328. The fraction of sp³-hybridized carbons (Fsp3) is 0.200. The number of nitrogens with one attached hydrogen (secondary N) is 2. The molecule has 2 aliphatic rings. The average molecular weight is 374 g/mol. The van der Waals surface area contributed by atoms with Crippen LogP contribution in [0.25, 0.3) is 5.69 Å². The number of hydrogen-bond acceptors (Lipinski definition) is 5. The van der Waals surface area contributed by atoms with E-state index in [4.69, 9.17) is 0 Å². The predicted octanol–water partition coefficient (Wildman–Crippen LogP) is 1.60. The van der Waals surface area contributed by atoms with Crippen LogP contribution in [0.3, 0.4) is 0 Å². The third-order valence-electron chi connectivity index (χ3n) is 5.12. The molecule has 0 bridgehead atoms. The smallest absolute Gasteiger partial charge is 0.273 e. The van der Waals surface area contributed by atoms with Gasteiger partial charge in [-0.25, -0.2) is 0 Å². The summed E-state index contributed by atoms with van der Waals surface area (Å²) in [5, 5.41) is 14.4. The largest absolute Gasteiger partial charge is 0.356 e. The molecule has 0 saturated carbocycles. The van der Waals surface area contributed by atoms with Crippen LogP contribution in [0.1, 0.15) is 16.9 Å². The van der Waals surface area contributed by atoms with Crippen LogP contribution >= 0.6 is 0 Å². The Morgan fingerprint density at radius 3 is 2.75 bits per heavy atom. The number of nitrogens with zero attached hydrogens (tertiary/aromatic N) is 4. The van der Waals surface area contributed by atoms with E-state index in [1.165, 1.54) is 11.0 Å². The Kier molecular flexibility index (Phi) is 3.82. The van der Waals surface area contributed by atoms with Gasteiger partial charge in [-0.2, -0.15) is 9.90 Å². The van der Waals surface area contributed by atoms with Crippen molar-refractivity contribution in [2.45, 2.75) is 18.5 Å². The number of para-hydroxylation sites is 3. The van der Waals surface area contributed by atoms with Gasteiger partial charge in [0.2, 0.25) is 5.91 Å². The van der Waals surface area contributed by atoms with Gasteiger partial charge >= 0.3 is 0 Å². The van der Waals surface area contributed by atoms with Crippen molar-refractivity contribution in [3.05, 3.63) is 66.5 Å². The lowest BCUT2D eigenvalue weighted by molar-refractivity contribution is -0.117. The fourth-order valence-electron chi connectivity index (χ4n) is 3.81. The van der Waals surface area contributed by atoms with Crippen LogP contribution in [0.2, 0.25) is 0 Å². The molecule has 8 heteroatoms. The molecule has 2 aliphatic heterocycles. The normalized spacial score (nSPS) is 20.3. The Morgan fingerprint density at radius 2 is 1.89 bits per heavy atom. The van der Waals surface area contributed by atoms with Gasteiger partial charge < -0.3 is 15.5 Å². The highest BCUT2D eigenvalue weighted by molar-refractivity contribution is 6.04. The average Bonchev–Trinajstić information content (AvgIpc) is 3.37. The molecular weight excluding hydrogens is 356 g/mol. The second-order valence-electron chi connectivity index (χ2n) is 6.94. The maximum Gasteiger partial charge on any atom is 0.273 e. The number of hydrogen-bond donors (Lipinski definition) is 2. The van der Waals surface area contributed by atoms with Crippen LogP contribution in [-0.4, -0.2) is 45.4 Å². The molecule has 2 atom stereocenters. The standard InChI is InChI=1S/C20H18N6O2/c27-19(16-11-21-26(24-16)14-6-2-1-3-7-14)22-13-10-18-20(28)23-15-8-4-5-9-17(15)25(18)12-13/h1-9,11,13,18H,10,12H2,(H,22,27)(H,23,28). The third-order valence-corrected chi connectivity index (χ3v) is 5.12. The molecule has 140 valence electrons. The first kappa shape index (κ1) is 16.5. The van der Waals surface area contributed by atoms with Crippen LogP contribution in [-0.2, 0) is 4.79 Å². The van der Waals surface area contributed by atoms with E-state index < -0.39 is 0 Å². The zero-order valence-electron chi connectivity index (χ0n) is 14.9. The number of anilines is 2. The number of rotatable bonds is 3. The van der Waals surface area contributed by atoms with Crippen molar-refractivity contribution in [3.63, 3.8) is 0 Å². The number of fused-ring (bicyclic) bond motifs is 3. The summed E-state index contributed by atoms with van der Waals surface area (Å²) in [7, 11) is 0. The van der Waals surface area contributed by atoms with Crippen LogP contribution in [0.5, 0.6) is 0 Å². The molecule has 2 unspecified atom stereocenters.